The summed E-state index contributed by atoms with van der Waals surface area (Å²) in [5, 5.41) is 3.67. The monoisotopic (exact) mass is 1100 g/mol. The van der Waals surface area contributed by atoms with Gasteiger partial charge in [-0.2, -0.15) is 0 Å². The predicted octanol–water partition coefficient (Wildman–Crippen LogP) is 15.1. The van der Waals surface area contributed by atoms with Crippen LogP contribution in [0.4, 0.5) is 0 Å². The summed E-state index contributed by atoms with van der Waals surface area (Å²) in [5.41, 5.74) is 1.68. The molecule has 4 rings (SSSR count). The molecule has 0 aliphatic rings. The maximum absolute atomic E-state index is 7.19. The van der Waals surface area contributed by atoms with Crippen LogP contribution >= 0.6 is 26.6 Å². The molecule has 12 nitrogen and oxygen atoms in total. The van der Waals surface area contributed by atoms with Gasteiger partial charge in [-0.1, -0.05) is 79.7 Å². The highest BCUT2D eigenvalue weighted by Gasteiger charge is 2.35. The molecule has 4 aromatic rings. The zero-order chi connectivity index (χ0) is 51.5. The molecule has 0 aliphatic heterocycles. The molecular formula is C49H80N4O8P4S4. The molecule has 0 saturated heterocycles. The van der Waals surface area contributed by atoms with Crippen molar-refractivity contribution in [2.75, 3.05) is 52.4 Å². The van der Waals surface area contributed by atoms with E-state index >= 15 is 0 Å². The van der Waals surface area contributed by atoms with E-state index in [0.29, 0.717) is 81.8 Å². The smallest absolute Gasteiger partial charge is 0.315 e. The van der Waals surface area contributed by atoms with Crippen molar-refractivity contribution in [2.45, 2.75) is 142 Å². The molecule has 0 heterocycles. The van der Waals surface area contributed by atoms with Crippen molar-refractivity contribution in [3.8, 4) is 23.0 Å². The fraction of sp³-hybridized carbons (Fsp3) is 0.592. The molecular weight excluding hydrogens is 1020 g/mol. The lowest BCUT2D eigenvalue weighted by molar-refractivity contribution is 0.208. The summed E-state index contributed by atoms with van der Waals surface area (Å²) in [7, 11) is 0. The second-order valence-electron chi connectivity index (χ2n) is 17.4. The summed E-state index contributed by atoms with van der Waals surface area (Å²) < 4.78 is 62.7. The van der Waals surface area contributed by atoms with Gasteiger partial charge in [0.2, 0.25) is 0 Å². The van der Waals surface area contributed by atoms with Gasteiger partial charge in [-0.3, -0.25) is 0 Å². The van der Waals surface area contributed by atoms with Crippen molar-refractivity contribution in [1.29, 1.82) is 0 Å². The first kappa shape index (κ1) is 60.4. The van der Waals surface area contributed by atoms with Crippen molar-refractivity contribution in [2.24, 2.45) is 0 Å². The van der Waals surface area contributed by atoms with Crippen LogP contribution in [-0.2, 0) is 71.7 Å². The predicted molar refractivity (Wildman–Crippen MR) is 307 cm³/mol. The number of benzene rings is 4. The molecule has 4 unspecified atom stereocenters. The van der Waals surface area contributed by atoms with Crippen molar-refractivity contribution in [1.82, 2.24) is 18.7 Å². The zero-order valence-electron chi connectivity index (χ0n) is 43.9. The number of fused-ring (bicyclic) bond motifs is 2. The fourth-order valence-electron chi connectivity index (χ4n) is 7.95. The maximum Gasteiger partial charge on any atom is 0.315 e. The van der Waals surface area contributed by atoms with Crippen molar-refractivity contribution < 1.29 is 36.2 Å². The molecule has 0 amide bonds. The lowest BCUT2D eigenvalue weighted by Crippen LogP contribution is -2.26. The largest absolute Gasteiger partial charge is 0.433 e. The lowest BCUT2D eigenvalue weighted by atomic mass is 9.93. The Kier molecular flexibility index (Phi) is 23.6. The molecule has 0 aromatic heterocycles. The maximum atomic E-state index is 7.19. The van der Waals surface area contributed by atoms with E-state index < -0.39 is 26.6 Å². The standard InChI is InChI=1S/C49H80N4O8P4S4/c1-17-50(18-2)62(66,54-36(9)10)58-42-29-25-40-27-31-48(60-64(68,56-38(13)14)52(21-5)22-6)46(44(40)33-42)35-47-45-34-43(59-63(67,55-37(11)12)51(19-3)20-4)30-26-41(45)28-32-49(47)61-65(69,57-39(15)16)53(23-7)24-8/h25-34,36-39H,17-24,35H2,1-16H3. The SMILES string of the molecule is CCN(CC)P(=S)(Oc1ccc2ccc(OP(=S)(OC(C)C)N(CC)CC)c(Cc3c(OP(=S)(OC(C)C)N(CC)CC)ccc4ccc(OP(=S)(OC(C)C)N(CC)CC)cc34)c2c1)OC(C)C. The fourth-order valence-corrected chi connectivity index (χ4v) is 21.5. The number of hydrogen-bond acceptors (Lipinski definition) is 12. The molecule has 0 bridgehead atoms. The van der Waals surface area contributed by atoms with Gasteiger partial charge in [-0.05, 0) is 161 Å². The van der Waals surface area contributed by atoms with Gasteiger partial charge in [-0.25, -0.2) is 18.7 Å². The quantitative estimate of drug-likeness (QED) is 0.0464. The Balaban J connectivity index is 2.19. The van der Waals surface area contributed by atoms with Gasteiger partial charge in [-0.15, -0.1) is 0 Å². The summed E-state index contributed by atoms with van der Waals surface area (Å²) in [6.45, 7) is 25.6. The van der Waals surface area contributed by atoms with Gasteiger partial charge < -0.3 is 36.2 Å². The van der Waals surface area contributed by atoms with Gasteiger partial charge in [0.05, 0.1) is 24.4 Å². The Morgan fingerprint density at radius 1 is 0.377 bits per heavy atom. The van der Waals surface area contributed by atoms with Crippen LogP contribution in [0.5, 0.6) is 23.0 Å². The van der Waals surface area contributed by atoms with Gasteiger partial charge >= 0.3 is 26.6 Å². The van der Waals surface area contributed by atoms with E-state index in [2.05, 4.69) is 98.3 Å². The Hall–Kier alpha value is -1.12. The van der Waals surface area contributed by atoms with Gasteiger partial charge in [0.25, 0.3) is 0 Å². The normalized spacial score (nSPS) is 16.0. The molecule has 0 fully saturated rings. The Bertz CT molecular complexity index is 2320. The molecule has 0 N–H and O–H groups in total. The summed E-state index contributed by atoms with van der Waals surface area (Å²) in [6.07, 6.45) is -0.381. The Morgan fingerprint density at radius 3 is 0.870 bits per heavy atom. The first-order valence-electron chi connectivity index (χ1n) is 24.6. The first-order valence-corrected chi connectivity index (χ1v) is 34.9. The molecule has 0 aliphatic carbocycles. The van der Waals surface area contributed by atoms with Crippen molar-refractivity contribution in [3.05, 3.63) is 71.8 Å². The molecule has 0 radical (unpaired) electrons. The Morgan fingerprint density at radius 2 is 0.623 bits per heavy atom. The highest BCUT2D eigenvalue weighted by molar-refractivity contribution is 8.10. The van der Waals surface area contributed by atoms with Crippen LogP contribution in [0.3, 0.4) is 0 Å². The Labute approximate surface area is 436 Å². The highest BCUT2D eigenvalue weighted by atomic mass is 32.5. The van der Waals surface area contributed by atoms with Crippen molar-refractivity contribution >= 4 is 95.3 Å². The minimum atomic E-state index is -3.11. The topological polar surface area (TPSA) is 86.8 Å². The third-order valence-corrected chi connectivity index (χ3v) is 25.3. The third kappa shape index (κ3) is 15.5. The molecule has 388 valence electrons. The summed E-state index contributed by atoms with van der Waals surface area (Å²) in [6, 6.07) is 20.2. The van der Waals surface area contributed by atoms with Crippen LogP contribution < -0.4 is 18.1 Å². The average molecular weight is 1110 g/mol. The number of hydrogen-bond donors (Lipinski definition) is 0. The summed E-state index contributed by atoms with van der Waals surface area (Å²) in [4.78, 5) is 0. The van der Waals surface area contributed by atoms with E-state index in [0.717, 1.165) is 32.7 Å². The van der Waals surface area contributed by atoms with Crippen LogP contribution in [0.1, 0.15) is 122 Å². The molecule has 20 heteroatoms. The molecule has 0 spiro atoms. The van der Waals surface area contributed by atoms with E-state index in [9.17, 15) is 0 Å². The molecule has 4 atom stereocenters. The van der Waals surface area contributed by atoms with Crippen LogP contribution in [0.15, 0.2) is 60.7 Å². The zero-order valence-corrected chi connectivity index (χ0v) is 50.8. The summed E-state index contributed by atoms with van der Waals surface area (Å²) in [5.74, 6) is 2.32. The highest BCUT2D eigenvalue weighted by Crippen LogP contribution is 2.58. The number of nitrogens with zero attached hydrogens (tertiary/aromatic N) is 4. The second kappa shape index (κ2) is 26.9. The third-order valence-electron chi connectivity index (χ3n) is 11.0. The van der Waals surface area contributed by atoms with E-state index in [4.69, 9.17) is 83.4 Å². The van der Waals surface area contributed by atoms with E-state index in [1.807, 2.05) is 91.8 Å². The van der Waals surface area contributed by atoms with Gasteiger partial charge in [0, 0.05) is 69.9 Å². The van der Waals surface area contributed by atoms with Crippen molar-refractivity contribution in [3.63, 3.8) is 0 Å². The molecule has 4 aromatic carbocycles. The average Bonchev–Trinajstić information content (AvgIpc) is 3.25. The van der Waals surface area contributed by atoms with Crippen LogP contribution in [0.25, 0.3) is 21.5 Å². The van der Waals surface area contributed by atoms with E-state index in [1.165, 1.54) is 0 Å². The minimum absolute atomic E-state index is 0.149. The van der Waals surface area contributed by atoms with Crippen LogP contribution in [0, 0.1) is 0 Å². The minimum Gasteiger partial charge on any atom is -0.433 e. The number of rotatable bonds is 30. The second-order valence-corrected chi connectivity index (χ2v) is 30.6. The van der Waals surface area contributed by atoms with Crippen LogP contribution in [-0.4, -0.2) is 95.5 Å². The molecule has 0 saturated carbocycles. The van der Waals surface area contributed by atoms with E-state index in [1.54, 1.807) is 0 Å². The van der Waals surface area contributed by atoms with Gasteiger partial charge in [0.1, 0.15) is 23.0 Å². The first-order chi connectivity index (χ1) is 32.5. The molecule has 69 heavy (non-hydrogen) atoms. The summed E-state index contributed by atoms with van der Waals surface area (Å²) >= 11 is 25.5. The van der Waals surface area contributed by atoms with Crippen LogP contribution in [0.2, 0.25) is 0 Å². The van der Waals surface area contributed by atoms with E-state index in [-0.39, 0.29) is 24.4 Å². The van der Waals surface area contributed by atoms with Gasteiger partial charge in [0.15, 0.2) is 0 Å². The lowest BCUT2D eigenvalue weighted by Gasteiger charge is -2.35.